The van der Waals surface area contributed by atoms with E-state index in [-0.39, 0.29) is 5.91 Å². The highest BCUT2D eigenvalue weighted by Gasteiger charge is 2.23. The molecule has 0 saturated heterocycles. The molecule has 3 heterocycles. The molecule has 0 atom stereocenters. The fourth-order valence-corrected chi connectivity index (χ4v) is 2.99. The second kappa shape index (κ2) is 7.00. The summed E-state index contributed by atoms with van der Waals surface area (Å²) < 4.78 is 7.65. The number of pyridine rings is 1. The third-order valence-corrected chi connectivity index (χ3v) is 4.46. The summed E-state index contributed by atoms with van der Waals surface area (Å²) in [6.45, 7) is 4.23. The lowest BCUT2D eigenvalue weighted by molar-refractivity contribution is 0.0706. The van der Waals surface area contributed by atoms with Gasteiger partial charge >= 0.3 is 0 Å². The van der Waals surface area contributed by atoms with Crippen molar-refractivity contribution in [3.63, 3.8) is 0 Å². The molecule has 0 radical (unpaired) electrons. The zero-order valence-electron chi connectivity index (χ0n) is 14.6. The average molecular weight is 348 g/mol. The lowest BCUT2D eigenvalue weighted by Crippen LogP contribution is -2.38. The van der Waals surface area contributed by atoms with Gasteiger partial charge in [0.25, 0.3) is 5.91 Å². The first kappa shape index (κ1) is 16.3. The summed E-state index contributed by atoms with van der Waals surface area (Å²) in [5.41, 5.74) is 3.70. The van der Waals surface area contributed by atoms with Gasteiger partial charge in [-0.3, -0.25) is 14.5 Å². The van der Waals surface area contributed by atoms with Crippen molar-refractivity contribution in [1.82, 2.24) is 19.7 Å². The summed E-state index contributed by atoms with van der Waals surface area (Å²) in [6, 6.07) is 15.3. The Morgan fingerprint density at radius 1 is 1.15 bits per heavy atom. The molecule has 2 aromatic heterocycles. The molecule has 26 heavy (non-hydrogen) atoms. The Morgan fingerprint density at radius 2 is 2.00 bits per heavy atom. The highest BCUT2D eigenvalue weighted by molar-refractivity contribution is 5.94. The second-order valence-corrected chi connectivity index (χ2v) is 6.40. The van der Waals surface area contributed by atoms with Crippen LogP contribution in [0, 0.1) is 6.92 Å². The highest BCUT2D eigenvalue weighted by atomic mass is 16.5. The van der Waals surface area contributed by atoms with E-state index < -0.39 is 0 Å². The van der Waals surface area contributed by atoms with Gasteiger partial charge in [-0.15, -0.1) is 5.10 Å². The zero-order chi connectivity index (χ0) is 17.9. The van der Waals surface area contributed by atoms with Crippen LogP contribution >= 0.6 is 0 Å². The van der Waals surface area contributed by atoms with E-state index in [2.05, 4.69) is 10.1 Å². The first-order valence-electron chi connectivity index (χ1n) is 8.64. The monoisotopic (exact) mass is 348 g/mol. The number of nitrogens with zero attached hydrogens (tertiary/aromatic N) is 4. The smallest absolute Gasteiger partial charge is 0.254 e. The van der Waals surface area contributed by atoms with E-state index in [4.69, 9.17) is 4.74 Å². The third-order valence-electron chi connectivity index (χ3n) is 4.46. The number of aryl methyl sites for hydroxylation is 1. The lowest BCUT2D eigenvalue weighted by Gasteiger charge is -2.27. The number of rotatable bonds is 4. The quantitative estimate of drug-likeness (QED) is 0.727. The van der Waals surface area contributed by atoms with Crippen LogP contribution in [0.2, 0.25) is 0 Å². The SMILES string of the molecule is Cc1ccc(C(=O)N2CCn3nc(OCc4ccccn4)cc3C2)cc1. The maximum Gasteiger partial charge on any atom is 0.254 e. The average Bonchev–Trinajstić information content (AvgIpc) is 3.09. The number of fused-ring (bicyclic) bond motifs is 1. The van der Waals surface area contributed by atoms with Gasteiger partial charge in [-0.05, 0) is 31.2 Å². The highest BCUT2D eigenvalue weighted by Crippen LogP contribution is 2.20. The van der Waals surface area contributed by atoms with Crippen LogP contribution in [-0.2, 0) is 19.7 Å². The Hall–Kier alpha value is -3.15. The van der Waals surface area contributed by atoms with Crippen LogP contribution < -0.4 is 4.74 Å². The Bertz CT molecular complexity index is 903. The minimum Gasteiger partial charge on any atom is -0.470 e. The molecule has 1 amide bonds. The molecule has 6 nitrogen and oxygen atoms in total. The van der Waals surface area contributed by atoms with E-state index in [1.54, 1.807) is 6.20 Å². The summed E-state index contributed by atoms with van der Waals surface area (Å²) in [5.74, 6) is 0.615. The summed E-state index contributed by atoms with van der Waals surface area (Å²) in [6.07, 6.45) is 1.74. The van der Waals surface area contributed by atoms with Crippen molar-refractivity contribution < 1.29 is 9.53 Å². The largest absolute Gasteiger partial charge is 0.470 e. The summed E-state index contributed by atoms with van der Waals surface area (Å²) in [4.78, 5) is 18.8. The maximum absolute atomic E-state index is 12.7. The predicted molar refractivity (Wildman–Crippen MR) is 96.7 cm³/mol. The molecule has 1 aliphatic rings. The van der Waals surface area contributed by atoms with Gasteiger partial charge in [-0.2, -0.15) is 0 Å². The van der Waals surface area contributed by atoms with Crippen molar-refractivity contribution in [3.05, 3.63) is 77.2 Å². The first-order valence-corrected chi connectivity index (χ1v) is 8.64. The maximum atomic E-state index is 12.7. The predicted octanol–water partition coefficient (Wildman–Crippen LogP) is 2.82. The number of ether oxygens (including phenoxy) is 1. The molecule has 0 unspecified atom stereocenters. The summed E-state index contributed by atoms with van der Waals surface area (Å²) >= 11 is 0. The molecule has 3 aromatic rings. The molecular weight excluding hydrogens is 328 g/mol. The Morgan fingerprint density at radius 3 is 2.77 bits per heavy atom. The van der Waals surface area contributed by atoms with Crippen LogP contribution in [0.3, 0.4) is 0 Å². The number of carbonyl (C=O) groups is 1. The molecule has 0 saturated carbocycles. The van der Waals surface area contributed by atoms with Crippen molar-refractivity contribution >= 4 is 5.91 Å². The van der Waals surface area contributed by atoms with E-state index in [1.807, 2.05) is 65.0 Å². The van der Waals surface area contributed by atoms with Gasteiger partial charge in [0.05, 0.1) is 24.5 Å². The van der Waals surface area contributed by atoms with Gasteiger partial charge in [-0.1, -0.05) is 23.8 Å². The lowest BCUT2D eigenvalue weighted by atomic mass is 10.1. The zero-order valence-corrected chi connectivity index (χ0v) is 14.6. The van der Waals surface area contributed by atoms with Crippen molar-refractivity contribution in [3.8, 4) is 5.88 Å². The molecule has 4 rings (SSSR count). The van der Waals surface area contributed by atoms with Crippen molar-refractivity contribution in [2.45, 2.75) is 26.6 Å². The number of aromatic nitrogens is 3. The number of benzene rings is 1. The molecule has 132 valence electrons. The summed E-state index contributed by atoms with van der Waals surface area (Å²) in [5, 5.41) is 4.47. The molecule has 1 aromatic carbocycles. The van der Waals surface area contributed by atoms with E-state index >= 15 is 0 Å². The summed E-state index contributed by atoms with van der Waals surface area (Å²) in [7, 11) is 0. The van der Waals surface area contributed by atoms with Crippen LogP contribution in [0.1, 0.15) is 27.3 Å². The van der Waals surface area contributed by atoms with Gasteiger partial charge in [0.2, 0.25) is 5.88 Å². The Labute approximate surface area is 152 Å². The van der Waals surface area contributed by atoms with E-state index in [9.17, 15) is 4.79 Å². The van der Waals surface area contributed by atoms with Gasteiger partial charge in [-0.25, -0.2) is 0 Å². The first-order chi connectivity index (χ1) is 12.7. The molecule has 0 bridgehead atoms. The molecule has 0 N–H and O–H groups in total. The Balaban J connectivity index is 1.43. The van der Waals surface area contributed by atoms with Crippen LogP contribution in [-0.4, -0.2) is 32.1 Å². The van der Waals surface area contributed by atoms with Gasteiger partial charge in [0.15, 0.2) is 0 Å². The Kier molecular flexibility index (Phi) is 4.39. The normalized spacial score (nSPS) is 13.3. The molecule has 0 spiro atoms. The van der Waals surface area contributed by atoms with Crippen molar-refractivity contribution in [1.29, 1.82) is 0 Å². The van der Waals surface area contributed by atoms with E-state index in [0.29, 0.717) is 32.1 Å². The fraction of sp³-hybridized carbons (Fsp3) is 0.250. The molecule has 0 aliphatic carbocycles. The standard InChI is InChI=1S/C20H20N4O2/c1-15-5-7-16(8-6-15)20(25)23-10-11-24-18(13-23)12-19(22-24)26-14-17-4-2-3-9-21-17/h2-9,12H,10-11,13-14H2,1H3. The minimum atomic E-state index is 0.0494. The number of hydrogen-bond acceptors (Lipinski definition) is 4. The second-order valence-electron chi connectivity index (χ2n) is 6.40. The van der Waals surface area contributed by atoms with Gasteiger partial charge in [0, 0.05) is 24.4 Å². The van der Waals surface area contributed by atoms with Crippen LogP contribution in [0.15, 0.2) is 54.7 Å². The van der Waals surface area contributed by atoms with Crippen LogP contribution in [0.25, 0.3) is 0 Å². The molecule has 0 fully saturated rings. The number of hydrogen-bond donors (Lipinski definition) is 0. The van der Waals surface area contributed by atoms with Gasteiger partial charge < -0.3 is 9.64 Å². The fourth-order valence-electron chi connectivity index (χ4n) is 2.99. The van der Waals surface area contributed by atoms with Gasteiger partial charge in [0.1, 0.15) is 6.61 Å². The molecule has 1 aliphatic heterocycles. The number of carbonyl (C=O) groups excluding carboxylic acids is 1. The van der Waals surface area contributed by atoms with E-state index in [1.165, 1.54) is 0 Å². The van der Waals surface area contributed by atoms with E-state index in [0.717, 1.165) is 22.5 Å². The third kappa shape index (κ3) is 3.44. The number of amides is 1. The van der Waals surface area contributed by atoms with Crippen molar-refractivity contribution in [2.24, 2.45) is 0 Å². The van der Waals surface area contributed by atoms with Crippen LogP contribution in [0.5, 0.6) is 5.88 Å². The topological polar surface area (TPSA) is 60.2 Å². The molecule has 6 heteroatoms. The minimum absolute atomic E-state index is 0.0494. The van der Waals surface area contributed by atoms with Crippen LogP contribution in [0.4, 0.5) is 0 Å². The van der Waals surface area contributed by atoms with Crippen molar-refractivity contribution in [2.75, 3.05) is 6.54 Å². The molecular formula is C20H20N4O2.